The van der Waals surface area contributed by atoms with E-state index >= 15 is 0 Å². The van der Waals surface area contributed by atoms with Gasteiger partial charge in [0.1, 0.15) is 0 Å². The van der Waals surface area contributed by atoms with Gasteiger partial charge in [0.15, 0.2) is 0 Å². The molecule has 0 spiro atoms. The largest absolute Gasteiger partial charge is 0.478 e. The van der Waals surface area contributed by atoms with E-state index in [-0.39, 0.29) is 11.1 Å². The number of carboxylic acid groups (broad SMARTS) is 2. The Bertz CT molecular complexity index is 496. The summed E-state index contributed by atoms with van der Waals surface area (Å²) >= 11 is 0. The standard InChI is InChI=1S/C14H19NO4/c1-4-8-15(5-2)11-7-6-10(13(16)17)9(3)12(11)14(18)19/h6-7H,4-5,8H2,1-3H3,(H,16,17)(H,18,19). The van der Waals surface area contributed by atoms with Gasteiger partial charge in [-0.1, -0.05) is 6.92 Å². The van der Waals surface area contributed by atoms with Crippen LogP contribution in [0.1, 0.15) is 46.5 Å². The van der Waals surface area contributed by atoms with Crippen LogP contribution in [0.5, 0.6) is 0 Å². The van der Waals surface area contributed by atoms with Crippen LogP contribution in [-0.2, 0) is 0 Å². The van der Waals surface area contributed by atoms with Crippen molar-refractivity contribution in [1.82, 2.24) is 0 Å². The van der Waals surface area contributed by atoms with E-state index in [1.807, 2.05) is 18.7 Å². The van der Waals surface area contributed by atoms with Gasteiger partial charge >= 0.3 is 11.9 Å². The Kier molecular flexibility index (Phi) is 4.92. The molecular weight excluding hydrogens is 246 g/mol. The van der Waals surface area contributed by atoms with Gasteiger partial charge in [0.2, 0.25) is 0 Å². The molecule has 5 nitrogen and oxygen atoms in total. The molecule has 0 aliphatic heterocycles. The van der Waals surface area contributed by atoms with Gasteiger partial charge in [-0.25, -0.2) is 9.59 Å². The van der Waals surface area contributed by atoms with Crippen LogP contribution in [0, 0.1) is 6.92 Å². The number of anilines is 1. The quantitative estimate of drug-likeness (QED) is 0.826. The zero-order valence-corrected chi connectivity index (χ0v) is 11.4. The fraction of sp³-hybridized carbons (Fsp3) is 0.429. The summed E-state index contributed by atoms with van der Waals surface area (Å²) in [5, 5.41) is 18.4. The van der Waals surface area contributed by atoms with Gasteiger partial charge in [0, 0.05) is 13.1 Å². The Morgan fingerprint density at radius 1 is 1.16 bits per heavy atom. The summed E-state index contributed by atoms with van der Waals surface area (Å²) in [5.74, 6) is -2.20. The van der Waals surface area contributed by atoms with Crippen LogP contribution in [0.25, 0.3) is 0 Å². The molecule has 0 saturated heterocycles. The van der Waals surface area contributed by atoms with Gasteiger partial charge in [-0.05, 0) is 38.0 Å². The first-order valence-electron chi connectivity index (χ1n) is 6.29. The van der Waals surface area contributed by atoms with Crippen molar-refractivity contribution in [2.75, 3.05) is 18.0 Å². The van der Waals surface area contributed by atoms with E-state index in [2.05, 4.69) is 0 Å². The number of hydrogen-bond acceptors (Lipinski definition) is 3. The zero-order valence-electron chi connectivity index (χ0n) is 11.4. The number of benzene rings is 1. The molecule has 0 heterocycles. The van der Waals surface area contributed by atoms with Crippen molar-refractivity contribution in [2.45, 2.75) is 27.2 Å². The lowest BCUT2D eigenvalue weighted by Crippen LogP contribution is -2.26. The molecule has 0 aromatic heterocycles. The van der Waals surface area contributed by atoms with Crippen molar-refractivity contribution in [3.05, 3.63) is 28.8 Å². The molecule has 0 atom stereocenters. The third-order valence-electron chi connectivity index (χ3n) is 3.10. The zero-order chi connectivity index (χ0) is 14.6. The lowest BCUT2D eigenvalue weighted by Gasteiger charge is -2.25. The molecule has 19 heavy (non-hydrogen) atoms. The molecule has 0 amide bonds. The fourth-order valence-corrected chi connectivity index (χ4v) is 2.18. The molecule has 0 aliphatic carbocycles. The molecule has 0 unspecified atom stereocenters. The third-order valence-corrected chi connectivity index (χ3v) is 3.10. The lowest BCUT2D eigenvalue weighted by atomic mass is 9.99. The summed E-state index contributed by atoms with van der Waals surface area (Å²) in [4.78, 5) is 24.4. The molecule has 1 aromatic carbocycles. The second-order valence-corrected chi connectivity index (χ2v) is 4.32. The van der Waals surface area contributed by atoms with Crippen LogP contribution < -0.4 is 4.90 Å². The van der Waals surface area contributed by atoms with Gasteiger partial charge in [0.05, 0.1) is 16.8 Å². The summed E-state index contributed by atoms with van der Waals surface area (Å²) in [5.41, 5.74) is 0.996. The van der Waals surface area contributed by atoms with E-state index in [0.29, 0.717) is 17.8 Å². The molecule has 0 bridgehead atoms. The third kappa shape index (κ3) is 3.05. The summed E-state index contributed by atoms with van der Waals surface area (Å²) in [7, 11) is 0. The molecule has 0 aliphatic rings. The van der Waals surface area contributed by atoms with Crippen LogP contribution in [0.4, 0.5) is 5.69 Å². The average molecular weight is 265 g/mol. The molecule has 0 saturated carbocycles. The highest BCUT2D eigenvalue weighted by molar-refractivity contribution is 6.01. The monoisotopic (exact) mass is 265 g/mol. The molecule has 2 N–H and O–H groups in total. The van der Waals surface area contributed by atoms with E-state index in [0.717, 1.165) is 13.0 Å². The van der Waals surface area contributed by atoms with E-state index in [9.17, 15) is 14.7 Å². The summed E-state index contributed by atoms with van der Waals surface area (Å²) in [6.45, 7) is 6.92. The van der Waals surface area contributed by atoms with Crippen LogP contribution >= 0.6 is 0 Å². The minimum atomic E-state index is -1.11. The molecule has 0 radical (unpaired) electrons. The minimum absolute atomic E-state index is 0.0358. The number of hydrogen-bond donors (Lipinski definition) is 2. The maximum Gasteiger partial charge on any atom is 0.338 e. The first-order valence-corrected chi connectivity index (χ1v) is 6.29. The number of aromatic carboxylic acids is 2. The first kappa shape index (κ1) is 15.0. The Morgan fingerprint density at radius 2 is 1.79 bits per heavy atom. The SMILES string of the molecule is CCCN(CC)c1ccc(C(=O)O)c(C)c1C(=O)O. The molecular formula is C14H19NO4. The topological polar surface area (TPSA) is 77.8 Å². The van der Waals surface area contributed by atoms with Crippen molar-refractivity contribution >= 4 is 17.6 Å². The molecule has 0 fully saturated rings. The number of carbonyl (C=O) groups is 2. The predicted octanol–water partition coefficient (Wildman–Crippen LogP) is 2.63. The molecule has 104 valence electrons. The number of rotatable bonds is 6. The maximum atomic E-state index is 11.4. The molecule has 5 heteroatoms. The number of nitrogens with zero attached hydrogens (tertiary/aromatic N) is 1. The second-order valence-electron chi connectivity index (χ2n) is 4.32. The summed E-state index contributed by atoms with van der Waals surface area (Å²) < 4.78 is 0. The molecule has 1 aromatic rings. The summed E-state index contributed by atoms with van der Waals surface area (Å²) in [6.07, 6.45) is 0.895. The van der Waals surface area contributed by atoms with Gasteiger partial charge in [0.25, 0.3) is 0 Å². The fourth-order valence-electron chi connectivity index (χ4n) is 2.18. The second kappa shape index (κ2) is 6.22. The van der Waals surface area contributed by atoms with Crippen molar-refractivity contribution in [3.8, 4) is 0 Å². The van der Waals surface area contributed by atoms with Crippen LogP contribution in [0.2, 0.25) is 0 Å². The summed E-state index contributed by atoms with van der Waals surface area (Å²) in [6, 6.07) is 3.05. The van der Waals surface area contributed by atoms with Crippen molar-refractivity contribution < 1.29 is 19.8 Å². The maximum absolute atomic E-state index is 11.4. The minimum Gasteiger partial charge on any atom is -0.478 e. The van der Waals surface area contributed by atoms with Crippen LogP contribution in [-0.4, -0.2) is 35.2 Å². The van der Waals surface area contributed by atoms with E-state index in [4.69, 9.17) is 5.11 Å². The predicted molar refractivity (Wildman–Crippen MR) is 73.3 cm³/mol. The van der Waals surface area contributed by atoms with Crippen LogP contribution in [0.15, 0.2) is 12.1 Å². The van der Waals surface area contributed by atoms with E-state index in [1.54, 1.807) is 6.07 Å². The highest BCUT2D eigenvalue weighted by Crippen LogP contribution is 2.27. The lowest BCUT2D eigenvalue weighted by molar-refractivity contribution is 0.0696. The Hall–Kier alpha value is -2.04. The van der Waals surface area contributed by atoms with Gasteiger partial charge in [-0.15, -0.1) is 0 Å². The van der Waals surface area contributed by atoms with Gasteiger partial charge in [-0.3, -0.25) is 0 Å². The Labute approximate surface area is 112 Å². The van der Waals surface area contributed by atoms with E-state index in [1.165, 1.54) is 13.0 Å². The smallest absolute Gasteiger partial charge is 0.338 e. The van der Waals surface area contributed by atoms with Gasteiger partial charge < -0.3 is 15.1 Å². The Balaban J connectivity index is 3.44. The highest BCUT2D eigenvalue weighted by atomic mass is 16.4. The average Bonchev–Trinajstić information content (AvgIpc) is 2.34. The first-order chi connectivity index (χ1) is 8.93. The Morgan fingerprint density at radius 3 is 2.21 bits per heavy atom. The van der Waals surface area contributed by atoms with Crippen molar-refractivity contribution in [2.24, 2.45) is 0 Å². The van der Waals surface area contributed by atoms with Crippen molar-refractivity contribution in [1.29, 1.82) is 0 Å². The van der Waals surface area contributed by atoms with Gasteiger partial charge in [-0.2, -0.15) is 0 Å². The van der Waals surface area contributed by atoms with Crippen LogP contribution in [0.3, 0.4) is 0 Å². The number of carboxylic acids is 2. The highest BCUT2D eigenvalue weighted by Gasteiger charge is 2.21. The normalized spacial score (nSPS) is 10.3. The van der Waals surface area contributed by atoms with Crippen molar-refractivity contribution in [3.63, 3.8) is 0 Å². The van der Waals surface area contributed by atoms with E-state index < -0.39 is 11.9 Å². The molecule has 1 rings (SSSR count).